The summed E-state index contributed by atoms with van der Waals surface area (Å²) in [6.45, 7) is 7.55. The molecule has 0 saturated heterocycles. The fraction of sp³-hybridized carbons (Fsp3) is 0.667. The molecule has 2 saturated carbocycles. The average Bonchev–Trinajstić information content (AvgIpc) is 2.93. The van der Waals surface area contributed by atoms with E-state index in [4.69, 9.17) is 9.47 Å². The van der Waals surface area contributed by atoms with E-state index in [0.29, 0.717) is 0 Å². The van der Waals surface area contributed by atoms with Gasteiger partial charge in [-0.15, -0.1) is 0 Å². The van der Waals surface area contributed by atoms with E-state index in [1.807, 2.05) is 33.8 Å². The van der Waals surface area contributed by atoms with Crippen LogP contribution in [0.1, 0.15) is 57.7 Å². The first-order chi connectivity index (χ1) is 13.6. The van der Waals surface area contributed by atoms with Crippen LogP contribution in [0.4, 0.5) is 9.59 Å². The van der Waals surface area contributed by atoms with Crippen molar-refractivity contribution in [3.63, 3.8) is 0 Å². The molecule has 2 aliphatic carbocycles. The predicted molar refractivity (Wildman–Crippen MR) is 110 cm³/mol. The third kappa shape index (κ3) is 4.41. The van der Waals surface area contributed by atoms with Gasteiger partial charge in [-0.25, -0.2) is 9.59 Å². The number of hydrogen-bond acceptors (Lipinski definition) is 6. The van der Waals surface area contributed by atoms with Crippen LogP contribution in [0, 0.1) is 18.3 Å². The number of amides is 1. The van der Waals surface area contributed by atoms with Crippen LogP contribution >= 0.6 is 0 Å². The Balaban J connectivity index is 1.62. The fourth-order valence-electron chi connectivity index (χ4n) is 4.64. The van der Waals surface area contributed by atoms with E-state index in [0.717, 1.165) is 42.7 Å². The van der Waals surface area contributed by atoms with E-state index in [1.165, 1.54) is 11.7 Å². The highest BCUT2D eigenvalue weighted by molar-refractivity contribution is 6.04. The quantitative estimate of drug-likeness (QED) is 0.592. The molecule has 0 aliphatic heterocycles. The van der Waals surface area contributed by atoms with Crippen LogP contribution in [0.5, 0.6) is 0 Å². The van der Waals surface area contributed by atoms with Gasteiger partial charge in [0.1, 0.15) is 5.60 Å². The highest BCUT2D eigenvalue weighted by Crippen LogP contribution is 2.59. The Hall–Kier alpha value is -2.51. The van der Waals surface area contributed by atoms with E-state index in [-0.39, 0.29) is 23.5 Å². The third-order valence-corrected chi connectivity index (χ3v) is 5.76. The van der Waals surface area contributed by atoms with Gasteiger partial charge in [-0.05, 0) is 70.4 Å². The third-order valence-electron chi connectivity index (χ3n) is 5.76. The molecule has 0 atom stereocenters. The number of nitrogens with zero attached hydrogens (tertiary/aromatic N) is 2. The summed E-state index contributed by atoms with van der Waals surface area (Å²) in [6.07, 6.45) is 4.84. The van der Waals surface area contributed by atoms with Crippen molar-refractivity contribution in [3.8, 4) is 0 Å². The molecule has 160 valence electrons. The topological polar surface area (TPSA) is 94.0 Å². The van der Waals surface area contributed by atoms with E-state index in [9.17, 15) is 9.59 Å². The number of hydrogen-bond donors (Lipinski definition) is 2. The zero-order valence-electron chi connectivity index (χ0n) is 18.2. The molecule has 2 fully saturated rings. The molecule has 0 radical (unpaired) electrons. The van der Waals surface area contributed by atoms with Crippen molar-refractivity contribution < 1.29 is 19.1 Å². The summed E-state index contributed by atoms with van der Waals surface area (Å²) in [6, 6.07) is 2.06. The first-order valence-corrected chi connectivity index (χ1v) is 10.1. The molecule has 3 rings (SSSR count). The van der Waals surface area contributed by atoms with Crippen molar-refractivity contribution in [3.05, 3.63) is 23.5 Å². The van der Waals surface area contributed by atoms with Gasteiger partial charge in [-0.3, -0.25) is 4.57 Å². The minimum atomic E-state index is -0.488. The first kappa shape index (κ1) is 21.2. The van der Waals surface area contributed by atoms with E-state index < -0.39 is 11.7 Å². The van der Waals surface area contributed by atoms with Crippen LogP contribution in [0.15, 0.2) is 17.4 Å². The van der Waals surface area contributed by atoms with E-state index >= 15 is 0 Å². The molecule has 0 aromatic carbocycles. The van der Waals surface area contributed by atoms with Crippen LogP contribution in [-0.4, -0.2) is 48.3 Å². The van der Waals surface area contributed by atoms with Gasteiger partial charge >= 0.3 is 12.2 Å². The second kappa shape index (κ2) is 7.72. The van der Waals surface area contributed by atoms with Gasteiger partial charge in [-0.1, -0.05) is 0 Å². The zero-order valence-corrected chi connectivity index (χ0v) is 18.2. The second-order valence-electron chi connectivity index (χ2n) is 9.26. The van der Waals surface area contributed by atoms with Crippen molar-refractivity contribution in [1.29, 1.82) is 0 Å². The standard InChI is InChI=1S/C21H32N4O4/c1-13-7-8-25(19(27)28-6)17(13)16(24-22-5)14-9-21(10-14)11-15(12-21)23-18(26)29-20(2,3)4/h7-8,14-15,22H,9-12H2,1-6H3,(H,23,26)/b24-16+. The number of aryl methyl sites for hydroxylation is 1. The normalized spacial score (nSPS) is 26.3. The summed E-state index contributed by atoms with van der Waals surface area (Å²) in [4.78, 5) is 24.1. The Kier molecular flexibility index (Phi) is 5.65. The zero-order chi connectivity index (χ0) is 21.4. The number of ether oxygens (including phenoxy) is 2. The maximum absolute atomic E-state index is 12.1. The summed E-state index contributed by atoms with van der Waals surface area (Å²) in [5.74, 6) is 0.266. The monoisotopic (exact) mass is 404 g/mol. The van der Waals surface area contributed by atoms with Crippen molar-refractivity contribution >= 4 is 17.9 Å². The lowest BCUT2D eigenvalue weighted by Gasteiger charge is -2.57. The number of carbonyl (C=O) groups is 2. The Morgan fingerprint density at radius 3 is 2.45 bits per heavy atom. The van der Waals surface area contributed by atoms with Gasteiger partial charge in [0, 0.05) is 25.2 Å². The van der Waals surface area contributed by atoms with Crippen molar-refractivity contribution in [2.24, 2.45) is 16.4 Å². The molecule has 1 aromatic heterocycles. The highest BCUT2D eigenvalue weighted by Gasteiger charge is 2.55. The molecule has 1 spiro atoms. The van der Waals surface area contributed by atoms with Crippen LogP contribution in [0.25, 0.3) is 0 Å². The Morgan fingerprint density at radius 2 is 1.90 bits per heavy atom. The van der Waals surface area contributed by atoms with Gasteiger partial charge in [0.2, 0.25) is 0 Å². The van der Waals surface area contributed by atoms with Crippen LogP contribution in [0.3, 0.4) is 0 Å². The summed E-state index contributed by atoms with van der Waals surface area (Å²) >= 11 is 0. The molecule has 2 N–H and O–H groups in total. The largest absolute Gasteiger partial charge is 0.452 e. The first-order valence-electron chi connectivity index (χ1n) is 10.1. The Morgan fingerprint density at radius 1 is 1.24 bits per heavy atom. The second-order valence-corrected chi connectivity index (χ2v) is 9.26. The van der Waals surface area contributed by atoms with Gasteiger partial charge in [0.25, 0.3) is 0 Å². The fourth-order valence-corrected chi connectivity index (χ4v) is 4.64. The van der Waals surface area contributed by atoms with Gasteiger partial charge in [0.05, 0.1) is 18.5 Å². The minimum Gasteiger partial charge on any atom is -0.452 e. The number of aromatic nitrogens is 1. The molecule has 0 bridgehead atoms. The number of alkyl carbamates (subject to hydrolysis) is 1. The lowest BCUT2D eigenvalue weighted by molar-refractivity contribution is -0.0294. The number of hydrazone groups is 1. The maximum Gasteiger partial charge on any atom is 0.418 e. The van der Waals surface area contributed by atoms with Crippen LogP contribution < -0.4 is 10.7 Å². The molecule has 2 aliphatic rings. The molecule has 1 amide bonds. The molecule has 0 unspecified atom stereocenters. The van der Waals surface area contributed by atoms with Gasteiger partial charge in [-0.2, -0.15) is 5.10 Å². The average molecular weight is 405 g/mol. The Labute approximate surface area is 172 Å². The van der Waals surface area contributed by atoms with Gasteiger partial charge in [0.15, 0.2) is 0 Å². The summed E-state index contributed by atoms with van der Waals surface area (Å²) in [5.41, 5.74) is 5.32. The molecule has 29 heavy (non-hydrogen) atoms. The number of nitrogens with one attached hydrogen (secondary N) is 2. The molecule has 1 heterocycles. The summed E-state index contributed by atoms with van der Waals surface area (Å²) < 4.78 is 11.8. The summed E-state index contributed by atoms with van der Waals surface area (Å²) in [5, 5.41) is 7.47. The molecule has 1 aromatic rings. The number of carbonyl (C=O) groups excluding carboxylic acids is 2. The molecular formula is C21H32N4O4. The smallest absolute Gasteiger partial charge is 0.418 e. The van der Waals surface area contributed by atoms with Crippen molar-refractivity contribution in [2.75, 3.05) is 14.2 Å². The highest BCUT2D eigenvalue weighted by atomic mass is 16.6. The van der Waals surface area contributed by atoms with Gasteiger partial charge < -0.3 is 20.2 Å². The number of rotatable bonds is 4. The SMILES string of the molecule is CN/N=C(/c1c(C)ccn1C(=O)OC)C1CC2(CC(NC(=O)OC(C)(C)C)C2)C1. The maximum atomic E-state index is 12.1. The predicted octanol–water partition coefficient (Wildman–Crippen LogP) is 3.42. The molecular weight excluding hydrogens is 372 g/mol. The van der Waals surface area contributed by atoms with E-state index in [1.54, 1.807) is 13.2 Å². The lowest BCUT2D eigenvalue weighted by atomic mass is 9.49. The summed E-state index contributed by atoms with van der Waals surface area (Å²) in [7, 11) is 3.14. The minimum absolute atomic E-state index is 0.163. The van der Waals surface area contributed by atoms with Crippen LogP contribution in [-0.2, 0) is 9.47 Å². The molecule has 8 heteroatoms. The molecule has 8 nitrogen and oxygen atoms in total. The van der Waals surface area contributed by atoms with E-state index in [2.05, 4.69) is 15.8 Å². The van der Waals surface area contributed by atoms with Crippen LogP contribution in [0.2, 0.25) is 0 Å². The van der Waals surface area contributed by atoms with Crippen molar-refractivity contribution in [2.45, 2.75) is 65.0 Å². The lowest BCUT2D eigenvalue weighted by Crippen LogP contribution is -2.58. The number of methoxy groups -OCH3 is 1. The Bertz CT molecular complexity index is 807. The van der Waals surface area contributed by atoms with Crippen molar-refractivity contribution in [1.82, 2.24) is 15.3 Å².